The number of guanidine groups is 1. The average molecular weight is 373 g/mol. The molecule has 27 heavy (non-hydrogen) atoms. The number of rotatable bonds is 8. The van der Waals surface area contributed by atoms with Crippen LogP contribution in [0, 0.1) is 12.3 Å². The second-order valence-corrected chi connectivity index (χ2v) is 7.42. The van der Waals surface area contributed by atoms with Crippen LogP contribution in [0.2, 0.25) is 0 Å². The molecule has 0 bridgehead atoms. The number of aryl methyl sites for hydroxylation is 1. The number of nitrogens with zero attached hydrogens (tertiary/aromatic N) is 1. The van der Waals surface area contributed by atoms with Gasteiger partial charge in [0.1, 0.15) is 0 Å². The summed E-state index contributed by atoms with van der Waals surface area (Å²) < 4.78 is 5.56. The van der Waals surface area contributed by atoms with E-state index in [2.05, 4.69) is 53.7 Å². The van der Waals surface area contributed by atoms with Crippen molar-refractivity contribution in [3.8, 4) is 0 Å². The van der Waals surface area contributed by atoms with Crippen LogP contribution in [0.1, 0.15) is 31.0 Å². The maximum atomic E-state index is 9.38. The fraction of sp³-hybridized carbons (Fsp3) is 0.571. The molecule has 1 aromatic carbocycles. The van der Waals surface area contributed by atoms with Gasteiger partial charge in [0, 0.05) is 48.3 Å². The predicted molar refractivity (Wildman–Crippen MR) is 110 cm³/mol. The molecule has 4 N–H and O–H groups in total. The Morgan fingerprint density at radius 3 is 2.93 bits per heavy atom. The topological polar surface area (TPSA) is 81.7 Å². The Balaban J connectivity index is 1.61. The molecule has 0 amide bonds. The molecule has 0 saturated carbocycles. The van der Waals surface area contributed by atoms with Gasteiger partial charge in [0.15, 0.2) is 5.96 Å². The molecule has 1 atom stereocenters. The number of aliphatic hydroxyl groups excluding tert-OH is 1. The van der Waals surface area contributed by atoms with Crippen LogP contribution in [0.25, 0.3) is 10.9 Å². The molecule has 3 rings (SSSR count). The maximum absolute atomic E-state index is 9.38. The molecule has 148 valence electrons. The van der Waals surface area contributed by atoms with E-state index in [1.807, 2.05) is 0 Å². The van der Waals surface area contributed by atoms with E-state index in [1.54, 1.807) is 0 Å². The lowest BCUT2D eigenvalue weighted by Crippen LogP contribution is -2.39. The number of aromatic nitrogens is 1. The third kappa shape index (κ3) is 4.82. The van der Waals surface area contributed by atoms with Crippen molar-refractivity contribution in [3.63, 3.8) is 0 Å². The lowest BCUT2D eigenvalue weighted by atomic mass is 9.84. The lowest BCUT2D eigenvalue weighted by molar-refractivity contribution is 0.131. The third-order valence-electron chi connectivity index (χ3n) is 5.44. The number of hydrogen-bond acceptors (Lipinski definition) is 3. The predicted octanol–water partition coefficient (Wildman–Crippen LogP) is 2.36. The first-order valence-corrected chi connectivity index (χ1v) is 9.94. The summed E-state index contributed by atoms with van der Waals surface area (Å²) in [5.74, 6) is 0.833. The standard InChI is InChI=1S/C21H32N4O2/c1-3-22-20(24-14-21(9-12-26)10-13-27-15-21)23-11-8-17-16(2)25-19-7-5-4-6-18(17)19/h4-7,25-26H,3,8-15H2,1-2H3,(H2,22,23,24). The summed E-state index contributed by atoms with van der Waals surface area (Å²) in [6.07, 6.45) is 2.64. The van der Waals surface area contributed by atoms with E-state index in [9.17, 15) is 5.11 Å². The van der Waals surface area contributed by atoms with Gasteiger partial charge in [0.2, 0.25) is 0 Å². The smallest absolute Gasteiger partial charge is 0.191 e. The van der Waals surface area contributed by atoms with Crippen molar-refractivity contribution in [1.29, 1.82) is 0 Å². The number of ether oxygens (including phenoxy) is 1. The van der Waals surface area contributed by atoms with E-state index in [0.29, 0.717) is 13.2 Å². The molecule has 1 aliphatic heterocycles. The van der Waals surface area contributed by atoms with Crippen LogP contribution in [0.4, 0.5) is 0 Å². The second-order valence-electron chi connectivity index (χ2n) is 7.42. The minimum atomic E-state index is -0.0233. The van der Waals surface area contributed by atoms with Gasteiger partial charge in [-0.3, -0.25) is 4.99 Å². The Morgan fingerprint density at radius 1 is 1.33 bits per heavy atom. The summed E-state index contributed by atoms with van der Waals surface area (Å²) in [4.78, 5) is 8.25. The molecule has 2 aromatic rings. The summed E-state index contributed by atoms with van der Waals surface area (Å²) in [6, 6.07) is 8.44. The quantitative estimate of drug-likeness (QED) is 0.424. The van der Waals surface area contributed by atoms with Crippen molar-refractivity contribution in [1.82, 2.24) is 15.6 Å². The summed E-state index contributed by atoms with van der Waals surface area (Å²) in [6.45, 7) is 8.15. The second kappa shape index (κ2) is 9.24. The highest BCUT2D eigenvalue weighted by Crippen LogP contribution is 2.32. The van der Waals surface area contributed by atoms with Gasteiger partial charge in [-0.2, -0.15) is 0 Å². The molecule has 2 heterocycles. The fourth-order valence-corrected chi connectivity index (χ4v) is 3.84. The highest BCUT2D eigenvalue weighted by Gasteiger charge is 2.34. The molecule has 0 radical (unpaired) electrons. The van der Waals surface area contributed by atoms with Gasteiger partial charge in [-0.1, -0.05) is 18.2 Å². The monoisotopic (exact) mass is 372 g/mol. The fourth-order valence-electron chi connectivity index (χ4n) is 3.84. The Kier molecular flexibility index (Phi) is 6.74. The Hall–Kier alpha value is -2.05. The van der Waals surface area contributed by atoms with Crippen LogP contribution in [0.15, 0.2) is 29.3 Å². The van der Waals surface area contributed by atoms with Gasteiger partial charge in [-0.15, -0.1) is 0 Å². The van der Waals surface area contributed by atoms with Crippen LogP contribution in [-0.2, 0) is 11.2 Å². The number of aliphatic imine (C=N–C) groups is 1. The summed E-state index contributed by atoms with van der Waals surface area (Å²) in [7, 11) is 0. The van der Waals surface area contributed by atoms with Crippen molar-refractivity contribution in [2.75, 3.05) is 39.5 Å². The zero-order valence-electron chi connectivity index (χ0n) is 16.5. The van der Waals surface area contributed by atoms with Crippen molar-refractivity contribution in [3.05, 3.63) is 35.5 Å². The van der Waals surface area contributed by atoms with Gasteiger partial charge < -0.3 is 25.5 Å². The van der Waals surface area contributed by atoms with E-state index in [0.717, 1.165) is 44.9 Å². The molecule has 1 aliphatic rings. The summed E-state index contributed by atoms with van der Waals surface area (Å²) in [5.41, 5.74) is 3.75. The van der Waals surface area contributed by atoms with Crippen molar-refractivity contribution in [2.45, 2.75) is 33.1 Å². The van der Waals surface area contributed by atoms with Gasteiger partial charge in [-0.05, 0) is 44.7 Å². The number of nitrogens with one attached hydrogen (secondary N) is 3. The first-order valence-electron chi connectivity index (χ1n) is 9.94. The molecule has 1 saturated heterocycles. The third-order valence-corrected chi connectivity index (χ3v) is 5.44. The molecule has 6 heteroatoms. The molecule has 1 fully saturated rings. The molecule has 0 spiro atoms. The first-order chi connectivity index (χ1) is 13.2. The van der Waals surface area contributed by atoms with E-state index >= 15 is 0 Å². The SMILES string of the molecule is CCNC(=NCC1(CCO)CCOC1)NCCc1c(C)[nH]c2ccccc12. The largest absolute Gasteiger partial charge is 0.396 e. The molecular weight excluding hydrogens is 340 g/mol. The normalized spacial score (nSPS) is 20.3. The lowest BCUT2D eigenvalue weighted by Gasteiger charge is -2.24. The molecule has 6 nitrogen and oxygen atoms in total. The van der Waals surface area contributed by atoms with E-state index < -0.39 is 0 Å². The zero-order valence-corrected chi connectivity index (χ0v) is 16.5. The van der Waals surface area contributed by atoms with Gasteiger partial charge >= 0.3 is 0 Å². The number of aliphatic hydroxyl groups is 1. The summed E-state index contributed by atoms with van der Waals surface area (Å²) >= 11 is 0. The van der Waals surface area contributed by atoms with Gasteiger partial charge in [0.05, 0.1) is 13.2 Å². The van der Waals surface area contributed by atoms with Crippen LogP contribution in [-0.4, -0.2) is 55.5 Å². The van der Waals surface area contributed by atoms with Crippen molar-refractivity contribution < 1.29 is 9.84 Å². The van der Waals surface area contributed by atoms with Gasteiger partial charge in [-0.25, -0.2) is 0 Å². The molecule has 0 aliphatic carbocycles. The van der Waals surface area contributed by atoms with Crippen LogP contribution < -0.4 is 10.6 Å². The minimum absolute atomic E-state index is 0.0233. The number of fused-ring (bicyclic) bond motifs is 1. The Bertz CT molecular complexity index is 763. The number of para-hydroxylation sites is 1. The van der Waals surface area contributed by atoms with E-state index in [-0.39, 0.29) is 12.0 Å². The first kappa shape index (κ1) is 19.7. The number of hydrogen-bond donors (Lipinski definition) is 4. The highest BCUT2D eigenvalue weighted by molar-refractivity contribution is 5.84. The maximum Gasteiger partial charge on any atom is 0.191 e. The van der Waals surface area contributed by atoms with E-state index in [4.69, 9.17) is 9.73 Å². The van der Waals surface area contributed by atoms with Crippen LogP contribution in [0.5, 0.6) is 0 Å². The van der Waals surface area contributed by atoms with Crippen molar-refractivity contribution in [2.24, 2.45) is 10.4 Å². The summed E-state index contributed by atoms with van der Waals surface area (Å²) in [5, 5.41) is 17.5. The Labute approximate surface area is 161 Å². The zero-order chi connectivity index (χ0) is 19.1. The molecular formula is C21H32N4O2. The number of benzene rings is 1. The average Bonchev–Trinajstić information content (AvgIpc) is 3.25. The minimum Gasteiger partial charge on any atom is -0.396 e. The van der Waals surface area contributed by atoms with E-state index in [1.165, 1.54) is 22.2 Å². The number of H-pyrrole nitrogens is 1. The van der Waals surface area contributed by atoms with Gasteiger partial charge in [0.25, 0.3) is 0 Å². The molecule has 1 unspecified atom stereocenters. The van der Waals surface area contributed by atoms with Crippen LogP contribution >= 0.6 is 0 Å². The van der Waals surface area contributed by atoms with Crippen molar-refractivity contribution >= 4 is 16.9 Å². The van der Waals surface area contributed by atoms with Crippen LogP contribution in [0.3, 0.4) is 0 Å². The highest BCUT2D eigenvalue weighted by atomic mass is 16.5. The number of aromatic amines is 1. The Morgan fingerprint density at radius 2 is 2.19 bits per heavy atom. The molecule has 1 aromatic heterocycles.